The largest absolute Gasteiger partial charge is 0.468 e. The highest BCUT2D eigenvalue weighted by atomic mass is 35.5. The molecule has 7 nitrogen and oxygen atoms in total. The van der Waals surface area contributed by atoms with Crippen molar-refractivity contribution in [3.8, 4) is 22.9 Å². The van der Waals surface area contributed by atoms with Crippen LogP contribution < -0.4 is 14.8 Å². The molecule has 3 rings (SSSR count). The first-order valence-corrected chi connectivity index (χ1v) is 8.40. The number of hydrogen-bond donors (Lipinski definition) is 1. The summed E-state index contributed by atoms with van der Waals surface area (Å²) in [7, 11) is 0. The van der Waals surface area contributed by atoms with Crippen LogP contribution in [-0.4, -0.2) is 34.1 Å². The number of carbonyl (C=O) groups is 1. The molecule has 0 spiro atoms. The van der Waals surface area contributed by atoms with E-state index in [0.29, 0.717) is 10.6 Å². The molecule has 29 heavy (non-hydrogen) atoms. The van der Waals surface area contributed by atoms with Crippen molar-refractivity contribution in [3.05, 3.63) is 59.9 Å². The van der Waals surface area contributed by atoms with E-state index in [4.69, 9.17) is 21.1 Å². The molecule has 0 fully saturated rings. The Morgan fingerprint density at radius 2 is 1.93 bits per heavy atom. The number of ether oxygens (including phenoxy) is 2. The molecule has 0 atom stereocenters. The van der Waals surface area contributed by atoms with E-state index in [1.165, 1.54) is 24.4 Å². The van der Waals surface area contributed by atoms with Crippen molar-refractivity contribution in [2.45, 2.75) is 6.18 Å². The van der Waals surface area contributed by atoms with Gasteiger partial charge in [-0.15, -0.1) is 5.10 Å². The Labute approximate surface area is 167 Å². The summed E-state index contributed by atoms with van der Waals surface area (Å²) in [6, 6.07) is 10.7. The van der Waals surface area contributed by atoms with Gasteiger partial charge in [-0.1, -0.05) is 23.7 Å². The summed E-state index contributed by atoms with van der Waals surface area (Å²) < 4.78 is 47.4. The molecule has 0 radical (unpaired) electrons. The molecule has 0 unspecified atom stereocenters. The molecule has 0 bridgehead atoms. The van der Waals surface area contributed by atoms with Crippen LogP contribution in [-0.2, 0) is 0 Å². The topological polar surface area (TPSA) is 86.2 Å². The quantitative estimate of drug-likeness (QED) is 0.636. The molecule has 2 heterocycles. The van der Waals surface area contributed by atoms with Crippen LogP contribution >= 0.6 is 11.6 Å². The Balaban J connectivity index is 1.84. The number of benzene rings is 1. The summed E-state index contributed by atoms with van der Waals surface area (Å²) in [5.74, 6) is -0.279. The van der Waals surface area contributed by atoms with E-state index in [1.807, 2.05) is 0 Å². The van der Waals surface area contributed by atoms with Gasteiger partial charge in [0.05, 0.1) is 11.9 Å². The fourth-order valence-electron chi connectivity index (χ4n) is 2.20. The smallest absolute Gasteiger partial charge is 0.422 e. The summed E-state index contributed by atoms with van der Waals surface area (Å²) in [5.41, 5.74) is 0.886. The Hall–Kier alpha value is -3.40. The normalized spacial score (nSPS) is 11.0. The molecule has 0 saturated carbocycles. The lowest BCUT2D eigenvalue weighted by molar-refractivity contribution is -0.154. The predicted octanol–water partition coefficient (Wildman–Crippen LogP) is 4.74. The molecular weight excluding hydrogens is 413 g/mol. The van der Waals surface area contributed by atoms with E-state index in [-0.39, 0.29) is 23.0 Å². The zero-order valence-corrected chi connectivity index (χ0v) is 15.2. The number of rotatable bonds is 5. The number of carbonyl (C=O) groups excluding carboxylic acids is 1. The molecule has 11 heteroatoms. The van der Waals surface area contributed by atoms with Gasteiger partial charge in [-0.3, -0.25) is 5.32 Å². The first kappa shape index (κ1) is 20.3. The number of amides is 1. The number of aromatic nitrogens is 3. The van der Waals surface area contributed by atoms with Crippen LogP contribution in [0.3, 0.4) is 0 Å². The number of alkyl halides is 3. The third-order valence-corrected chi connectivity index (χ3v) is 3.62. The molecule has 150 valence electrons. The van der Waals surface area contributed by atoms with E-state index in [2.05, 4.69) is 20.5 Å². The third-order valence-electron chi connectivity index (χ3n) is 3.37. The van der Waals surface area contributed by atoms with Gasteiger partial charge in [0.15, 0.2) is 6.61 Å². The van der Waals surface area contributed by atoms with Crippen molar-refractivity contribution in [1.82, 2.24) is 15.2 Å². The number of halogens is 4. The molecule has 0 aliphatic rings. The van der Waals surface area contributed by atoms with E-state index < -0.39 is 18.9 Å². The molecular formula is C18H12ClF3N4O3. The maximum atomic E-state index is 12.5. The lowest BCUT2D eigenvalue weighted by Crippen LogP contribution is -2.20. The van der Waals surface area contributed by atoms with Gasteiger partial charge >= 0.3 is 12.3 Å². The van der Waals surface area contributed by atoms with E-state index in [1.54, 1.807) is 24.3 Å². The second-order valence-electron chi connectivity index (χ2n) is 5.56. The van der Waals surface area contributed by atoms with Gasteiger partial charge in [0, 0.05) is 22.8 Å². The zero-order chi connectivity index (χ0) is 20.9. The zero-order valence-electron chi connectivity index (χ0n) is 14.5. The Kier molecular flexibility index (Phi) is 6.13. The fraction of sp³-hybridized carbons (Fsp3) is 0.111. The SMILES string of the molecule is O=C(Nc1cnc(OCC(F)(F)F)c(-c2ccc(Cl)cc2)c1)Oc1cccnn1. The minimum atomic E-state index is -4.53. The first-order chi connectivity index (χ1) is 13.8. The number of hydrogen-bond acceptors (Lipinski definition) is 6. The van der Waals surface area contributed by atoms with Gasteiger partial charge < -0.3 is 9.47 Å². The number of nitrogens with one attached hydrogen (secondary N) is 1. The molecule has 3 aromatic rings. The van der Waals surface area contributed by atoms with Crippen LogP contribution in [0, 0.1) is 0 Å². The van der Waals surface area contributed by atoms with Gasteiger partial charge in [0.2, 0.25) is 11.8 Å². The summed E-state index contributed by atoms with van der Waals surface area (Å²) in [6.45, 7) is -1.51. The van der Waals surface area contributed by atoms with Crippen LogP contribution in [0.1, 0.15) is 0 Å². The van der Waals surface area contributed by atoms with Crippen LogP contribution in [0.5, 0.6) is 11.8 Å². The van der Waals surface area contributed by atoms with E-state index in [9.17, 15) is 18.0 Å². The van der Waals surface area contributed by atoms with Gasteiger partial charge in [0.25, 0.3) is 0 Å². The molecule has 0 aliphatic heterocycles. The molecule has 1 aromatic carbocycles. The minimum absolute atomic E-state index is 0.0268. The highest BCUT2D eigenvalue weighted by Crippen LogP contribution is 2.32. The van der Waals surface area contributed by atoms with E-state index >= 15 is 0 Å². The summed E-state index contributed by atoms with van der Waals surface area (Å²) in [6.07, 6.45) is -2.86. The van der Waals surface area contributed by atoms with Crippen LogP contribution in [0.25, 0.3) is 11.1 Å². The maximum absolute atomic E-state index is 12.5. The summed E-state index contributed by atoms with van der Waals surface area (Å²) in [5, 5.41) is 10.0. The van der Waals surface area contributed by atoms with Crippen molar-refractivity contribution in [2.24, 2.45) is 0 Å². The standard InChI is InChI=1S/C18H12ClF3N4O3/c19-12-5-3-11(4-6-12)14-8-13(9-23-16(14)28-10-18(20,21)22)25-17(27)29-15-2-1-7-24-26-15/h1-9H,10H2,(H,25,27). The average molecular weight is 425 g/mol. The number of pyridine rings is 1. The average Bonchev–Trinajstić information content (AvgIpc) is 2.67. The number of anilines is 1. The minimum Gasteiger partial charge on any atom is -0.468 e. The first-order valence-electron chi connectivity index (χ1n) is 8.02. The fourth-order valence-corrected chi connectivity index (χ4v) is 2.33. The Morgan fingerprint density at radius 3 is 2.59 bits per heavy atom. The molecule has 1 N–H and O–H groups in total. The van der Waals surface area contributed by atoms with Crippen LogP contribution in [0.4, 0.5) is 23.7 Å². The number of nitrogens with zero attached hydrogens (tertiary/aromatic N) is 3. The van der Waals surface area contributed by atoms with Gasteiger partial charge in [0.1, 0.15) is 0 Å². The van der Waals surface area contributed by atoms with Crippen molar-refractivity contribution in [3.63, 3.8) is 0 Å². The molecule has 2 aromatic heterocycles. The van der Waals surface area contributed by atoms with Crippen molar-refractivity contribution >= 4 is 23.4 Å². The second-order valence-corrected chi connectivity index (χ2v) is 6.00. The van der Waals surface area contributed by atoms with Crippen LogP contribution in [0.15, 0.2) is 54.9 Å². The lowest BCUT2D eigenvalue weighted by atomic mass is 10.1. The van der Waals surface area contributed by atoms with Gasteiger partial charge in [-0.2, -0.15) is 18.3 Å². The lowest BCUT2D eigenvalue weighted by Gasteiger charge is -2.14. The highest BCUT2D eigenvalue weighted by Gasteiger charge is 2.29. The van der Waals surface area contributed by atoms with E-state index in [0.717, 1.165) is 6.20 Å². The van der Waals surface area contributed by atoms with Crippen molar-refractivity contribution in [2.75, 3.05) is 11.9 Å². The summed E-state index contributed by atoms with van der Waals surface area (Å²) >= 11 is 5.86. The predicted molar refractivity (Wildman–Crippen MR) is 97.9 cm³/mol. The molecule has 0 saturated heterocycles. The van der Waals surface area contributed by atoms with Crippen molar-refractivity contribution in [1.29, 1.82) is 0 Å². The van der Waals surface area contributed by atoms with Gasteiger partial charge in [-0.25, -0.2) is 9.78 Å². The molecule has 1 amide bonds. The highest BCUT2D eigenvalue weighted by molar-refractivity contribution is 6.30. The Bertz CT molecular complexity index is 986. The van der Waals surface area contributed by atoms with Gasteiger partial charge in [-0.05, 0) is 29.8 Å². The van der Waals surface area contributed by atoms with Crippen LogP contribution in [0.2, 0.25) is 5.02 Å². The summed E-state index contributed by atoms with van der Waals surface area (Å²) in [4.78, 5) is 15.9. The second kappa shape index (κ2) is 8.74. The maximum Gasteiger partial charge on any atom is 0.422 e. The Morgan fingerprint density at radius 1 is 1.17 bits per heavy atom. The van der Waals surface area contributed by atoms with Crippen molar-refractivity contribution < 1.29 is 27.4 Å². The molecule has 0 aliphatic carbocycles. The monoisotopic (exact) mass is 424 g/mol. The third kappa shape index (κ3) is 6.04.